The van der Waals surface area contributed by atoms with Crippen molar-refractivity contribution in [3.05, 3.63) is 33.6 Å². The van der Waals surface area contributed by atoms with Crippen LogP contribution in [-0.4, -0.2) is 70.6 Å². The molecule has 9 nitrogen and oxygen atoms in total. The highest BCUT2D eigenvalue weighted by molar-refractivity contribution is 6.32. The Labute approximate surface area is 219 Å². The smallest absolute Gasteiger partial charge is 0.407 e. The zero-order valence-electron chi connectivity index (χ0n) is 20.1. The third kappa shape index (κ3) is 4.93. The van der Waals surface area contributed by atoms with Gasteiger partial charge in [0.25, 0.3) is 5.91 Å². The molecule has 3 fully saturated rings. The lowest BCUT2D eigenvalue weighted by molar-refractivity contribution is -0.188. The number of alkyl halides is 3. The molecule has 2 atom stereocenters. The first-order valence-electron chi connectivity index (χ1n) is 12.4. The highest BCUT2D eigenvalue weighted by atomic mass is 35.5. The average Bonchev–Trinajstić information content (AvgIpc) is 3.43. The Balaban J connectivity index is 1.16. The van der Waals surface area contributed by atoms with Crippen molar-refractivity contribution >= 4 is 35.4 Å². The lowest BCUT2D eigenvalue weighted by Gasteiger charge is -2.43. The fraction of sp³-hybridized carbons (Fsp3) is 0.583. The van der Waals surface area contributed by atoms with Crippen molar-refractivity contribution in [2.75, 3.05) is 6.54 Å². The van der Waals surface area contributed by atoms with E-state index in [2.05, 4.69) is 10.6 Å². The Hall–Kier alpha value is -2.93. The molecule has 1 aromatic carbocycles. The van der Waals surface area contributed by atoms with Crippen molar-refractivity contribution in [3.8, 4) is 0 Å². The Bertz CT molecular complexity index is 1190. The molecule has 5 rings (SSSR count). The van der Waals surface area contributed by atoms with E-state index in [0.29, 0.717) is 13.0 Å². The van der Waals surface area contributed by atoms with Crippen LogP contribution in [0.4, 0.5) is 22.4 Å². The summed E-state index contributed by atoms with van der Waals surface area (Å²) in [4.78, 5) is 51.5. The number of ether oxygens (including phenoxy) is 1. The summed E-state index contributed by atoms with van der Waals surface area (Å²) >= 11 is 6.30. The number of benzene rings is 1. The lowest BCUT2D eigenvalue weighted by atomic mass is 9.87. The fourth-order valence-electron chi connectivity index (χ4n) is 5.68. The second kappa shape index (κ2) is 9.99. The SMILES string of the molecule is O=C1CC[C@H](N2Cc3c(Cl)cc(CNC(=O)OC4CC(N5CCCC5C(F)(F)F)C4)c(F)c3C2=O)C(=O)N1. The first-order valence-corrected chi connectivity index (χ1v) is 12.7. The topological polar surface area (TPSA) is 108 Å². The van der Waals surface area contributed by atoms with Crippen LogP contribution in [0, 0.1) is 5.82 Å². The van der Waals surface area contributed by atoms with E-state index >= 15 is 4.39 Å². The quantitative estimate of drug-likeness (QED) is 0.423. The van der Waals surface area contributed by atoms with Gasteiger partial charge in [-0.1, -0.05) is 11.6 Å². The Morgan fingerprint density at radius 3 is 2.63 bits per heavy atom. The molecule has 4 amide bonds. The number of piperidine rings is 1. The van der Waals surface area contributed by atoms with Gasteiger partial charge in [0.1, 0.15) is 24.0 Å². The Kier molecular flexibility index (Phi) is 7.01. The first-order chi connectivity index (χ1) is 17.9. The molecule has 1 aliphatic carbocycles. The van der Waals surface area contributed by atoms with Gasteiger partial charge in [0, 0.05) is 54.5 Å². The van der Waals surface area contributed by atoms with E-state index in [9.17, 15) is 32.3 Å². The summed E-state index contributed by atoms with van der Waals surface area (Å²) in [5, 5.41) is 4.65. The highest BCUT2D eigenvalue weighted by Crippen LogP contribution is 2.40. The maximum absolute atomic E-state index is 15.3. The number of hydrogen-bond acceptors (Lipinski definition) is 6. The number of alkyl carbamates (subject to hydrolysis) is 1. The number of fused-ring (bicyclic) bond motifs is 1. The van der Waals surface area contributed by atoms with Crippen LogP contribution in [0.25, 0.3) is 0 Å². The van der Waals surface area contributed by atoms with E-state index in [1.807, 2.05) is 0 Å². The number of hydrogen-bond donors (Lipinski definition) is 2. The van der Waals surface area contributed by atoms with Gasteiger partial charge in [0.2, 0.25) is 11.8 Å². The number of amides is 4. The molecule has 1 saturated carbocycles. The molecule has 2 saturated heterocycles. The summed E-state index contributed by atoms with van der Waals surface area (Å²) in [5.41, 5.74) is -0.149. The van der Waals surface area contributed by atoms with Crippen LogP contribution in [0.2, 0.25) is 5.02 Å². The fourth-order valence-corrected chi connectivity index (χ4v) is 5.97. The normalized spacial score (nSPS) is 27.7. The number of carbonyl (C=O) groups is 4. The zero-order valence-corrected chi connectivity index (χ0v) is 20.8. The van der Waals surface area contributed by atoms with E-state index in [0.717, 1.165) is 0 Å². The molecule has 206 valence electrons. The first kappa shape index (κ1) is 26.7. The van der Waals surface area contributed by atoms with Gasteiger partial charge in [-0.25, -0.2) is 9.18 Å². The van der Waals surface area contributed by atoms with Crippen LogP contribution in [0.1, 0.15) is 60.0 Å². The molecule has 0 bridgehead atoms. The number of carbonyl (C=O) groups excluding carboxylic acids is 4. The van der Waals surface area contributed by atoms with Gasteiger partial charge in [-0.3, -0.25) is 24.6 Å². The molecule has 0 aromatic heterocycles. The van der Waals surface area contributed by atoms with E-state index in [4.69, 9.17) is 16.3 Å². The molecule has 3 aliphatic heterocycles. The van der Waals surface area contributed by atoms with E-state index in [1.54, 1.807) is 0 Å². The van der Waals surface area contributed by atoms with Gasteiger partial charge in [-0.05, 0) is 31.9 Å². The molecular weight excluding hydrogens is 536 g/mol. The van der Waals surface area contributed by atoms with Crippen molar-refractivity contribution in [1.29, 1.82) is 0 Å². The summed E-state index contributed by atoms with van der Waals surface area (Å²) in [6.45, 7) is -0.0887. The maximum atomic E-state index is 15.3. The third-order valence-electron chi connectivity index (χ3n) is 7.69. The summed E-state index contributed by atoms with van der Waals surface area (Å²) in [6.07, 6.45) is -4.45. The summed E-state index contributed by atoms with van der Waals surface area (Å²) < 4.78 is 60.1. The van der Waals surface area contributed by atoms with Crippen molar-refractivity contribution < 1.29 is 41.5 Å². The second-order valence-electron chi connectivity index (χ2n) is 10.0. The van der Waals surface area contributed by atoms with Gasteiger partial charge >= 0.3 is 12.3 Å². The van der Waals surface area contributed by atoms with E-state index in [1.165, 1.54) is 15.9 Å². The highest BCUT2D eigenvalue weighted by Gasteiger charge is 2.51. The molecule has 1 unspecified atom stereocenters. The van der Waals surface area contributed by atoms with Gasteiger partial charge < -0.3 is 15.0 Å². The third-order valence-corrected chi connectivity index (χ3v) is 8.03. The molecule has 38 heavy (non-hydrogen) atoms. The zero-order chi connectivity index (χ0) is 27.4. The number of imide groups is 1. The molecular formula is C24H25ClF4N4O5. The second-order valence-corrected chi connectivity index (χ2v) is 10.4. The van der Waals surface area contributed by atoms with Gasteiger partial charge in [0.05, 0.1) is 5.56 Å². The Morgan fingerprint density at radius 2 is 1.95 bits per heavy atom. The summed E-state index contributed by atoms with van der Waals surface area (Å²) in [7, 11) is 0. The average molecular weight is 561 g/mol. The summed E-state index contributed by atoms with van der Waals surface area (Å²) in [5.74, 6) is -2.71. The van der Waals surface area contributed by atoms with Crippen LogP contribution >= 0.6 is 11.6 Å². The Morgan fingerprint density at radius 1 is 1.21 bits per heavy atom. The van der Waals surface area contributed by atoms with Crippen molar-refractivity contribution in [2.45, 2.75) is 82.0 Å². The van der Waals surface area contributed by atoms with Crippen molar-refractivity contribution in [1.82, 2.24) is 20.4 Å². The molecule has 4 aliphatic rings. The minimum Gasteiger partial charge on any atom is -0.446 e. The number of nitrogens with zero attached hydrogens (tertiary/aromatic N) is 2. The monoisotopic (exact) mass is 560 g/mol. The molecule has 0 radical (unpaired) electrons. The minimum absolute atomic E-state index is 0.0483. The van der Waals surface area contributed by atoms with Gasteiger partial charge in [-0.15, -0.1) is 0 Å². The summed E-state index contributed by atoms with van der Waals surface area (Å²) in [6, 6.07) is -1.43. The van der Waals surface area contributed by atoms with E-state index < -0.39 is 54.0 Å². The molecule has 1 aromatic rings. The van der Waals surface area contributed by atoms with E-state index in [-0.39, 0.29) is 72.9 Å². The van der Waals surface area contributed by atoms with Crippen LogP contribution in [0.5, 0.6) is 0 Å². The number of likely N-dealkylation sites (tertiary alicyclic amines) is 1. The predicted octanol–water partition coefficient (Wildman–Crippen LogP) is 3.02. The van der Waals surface area contributed by atoms with Crippen molar-refractivity contribution in [2.24, 2.45) is 0 Å². The van der Waals surface area contributed by atoms with Crippen LogP contribution < -0.4 is 10.6 Å². The van der Waals surface area contributed by atoms with Crippen LogP contribution in [0.3, 0.4) is 0 Å². The number of rotatable bonds is 5. The predicted molar refractivity (Wildman–Crippen MR) is 123 cm³/mol. The maximum Gasteiger partial charge on any atom is 0.407 e. The molecule has 14 heteroatoms. The minimum atomic E-state index is -4.29. The molecule has 0 spiro atoms. The van der Waals surface area contributed by atoms with Gasteiger partial charge in [-0.2, -0.15) is 13.2 Å². The molecule has 3 heterocycles. The largest absolute Gasteiger partial charge is 0.446 e. The van der Waals surface area contributed by atoms with Crippen molar-refractivity contribution in [3.63, 3.8) is 0 Å². The van der Waals surface area contributed by atoms with Gasteiger partial charge in [0.15, 0.2) is 0 Å². The molecule has 2 N–H and O–H groups in total. The standard InChI is InChI=1S/C24H25ClF4N4O5/c25-15-6-11(20(26)19-14(15)10-33(22(19)36)16-3-4-18(34)31-21(16)35)9-30-23(37)38-13-7-12(8-13)32-5-1-2-17(32)24(27,28)29/h6,12-13,16-17H,1-5,7-10H2,(H,30,37)(H,31,34,35)/t12?,13?,16-,17?/m0/s1. The lowest BCUT2D eigenvalue weighted by Crippen LogP contribution is -2.54. The number of nitrogens with one attached hydrogen (secondary N) is 2. The number of halogens is 5. The van der Waals surface area contributed by atoms with Crippen LogP contribution in [0.15, 0.2) is 6.07 Å². The van der Waals surface area contributed by atoms with Crippen LogP contribution in [-0.2, 0) is 27.4 Å².